The highest BCUT2D eigenvalue weighted by Gasteiger charge is 2.28. The van der Waals surface area contributed by atoms with Crippen LogP contribution in [0.25, 0.3) is 0 Å². The number of hydrogen-bond acceptors (Lipinski definition) is 2. The van der Waals surface area contributed by atoms with Crippen molar-refractivity contribution in [3.8, 4) is 0 Å². The maximum atomic E-state index is 2.64. The van der Waals surface area contributed by atoms with Gasteiger partial charge in [-0.15, -0.1) is 0 Å². The second kappa shape index (κ2) is 26.6. The van der Waals surface area contributed by atoms with Gasteiger partial charge in [-0.2, -0.15) is 0 Å². The van der Waals surface area contributed by atoms with E-state index in [2.05, 4.69) is 49.9 Å². The lowest BCUT2D eigenvalue weighted by Crippen LogP contribution is -2.43. The van der Waals surface area contributed by atoms with Gasteiger partial charge in [-0.25, -0.2) is 0 Å². The van der Waals surface area contributed by atoms with Crippen molar-refractivity contribution in [1.29, 1.82) is 0 Å². The molecule has 0 aromatic carbocycles. The molecule has 1 rings (SSSR count). The summed E-state index contributed by atoms with van der Waals surface area (Å²) in [5.74, 6) is 0.689. The molecule has 0 aromatic heterocycles. The predicted molar refractivity (Wildman–Crippen MR) is 173 cm³/mol. The van der Waals surface area contributed by atoms with Crippen molar-refractivity contribution in [3.05, 3.63) is 12.4 Å². The largest absolute Gasteiger partial charge is 0.356 e. The average molecular weight is 533 g/mol. The first-order valence-electron chi connectivity index (χ1n) is 17.9. The highest BCUT2D eigenvalue weighted by molar-refractivity contribution is 4.98. The molecule has 38 heavy (non-hydrogen) atoms. The summed E-state index contributed by atoms with van der Waals surface area (Å²) in [7, 11) is 0. The molecule has 1 atom stereocenters. The van der Waals surface area contributed by atoms with Crippen LogP contribution in [0.2, 0.25) is 0 Å². The second-order valence-electron chi connectivity index (χ2n) is 12.9. The van der Waals surface area contributed by atoms with E-state index < -0.39 is 0 Å². The molecule has 1 aliphatic heterocycles. The van der Waals surface area contributed by atoms with E-state index in [0.29, 0.717) is 12.1 Å². The first-order valence-corrected chi connectivity index (χ1v) is 17.9. The second-order valence-corrected chi connectivity index (χ2v) is 12.9. The summed E-state index contributed by atoms with van der Waals surface area (Å²) in [5.41, 5.74) is 0. The minimum Gasteiger partial charge on any atom is -0.356 e. The number of unbranched alkanes of at least 4 members (excludes halogenated alkanes) is 24. The molecule has 0 amide bonds. The van der Waals surface area contributed by atoms with Gasteiger partial charge >= 0.3 is 0 Å². The van der Waals surface area contributed by atoms with Gasteiger partial charge in [0.25, 0.3) is 0 Å². The summed E-state index contributed by atoms with van der Waals surface area (Å²) in [5, 5.41) is 0. The highest BCUT2D eigenvalue weighted by Crippen LogP contribution is 2.24. The Morgan fingerprint density at radius 3 is 0.868 bits per heavy atom. The van der Waals surface area contributed by atoms with Crippen LogP contribution < -0.4 is 0 Å². The molecule has 0 aliphatic carbocycles. The summed E-state index contributed by atoms with van der Waals surface area (Å²) in [6.07, 6.45) is 42.8. The van der Waals surface area contributed by atoms with Gasteiger partial charge in [0.15, 0.2) is 0 Å². The van der Waals surface area contributed by atoms with Crippen LogP contribution in [-0.4, -0.2) is 29.1 Å². The third-order valence-corrected chi connectivity index (χ3v) is 8.77. The standard InChI is InChI=1S/C36H72N2/c1-5-7-9-11-13-15-16-17-18-19-20-21-22-24-26-28-30-32-38-34-33-37(36(38)35(3)4)31-29-27-25-23-14-12-10-8-6-2/h33-36H,5-32H2,1-4H3. The molecule has 0 N–H and O–H groups in total. The van der Waals surface area contributed by atoms with E-state index in [-0.39, 0.29) is 0 Å². The van der Waals surface area contributed by atoms with Gasteiger partial charge in [0.1, 0.15) is 6.17 Å². The van der Waals surface area contributed by atoms with Crippen molar-refractivity contribution in [2.45, 2.75) is 201 Å². The summed E-state index contributed by atoms with van der Waals surface area (Å²) >= 11 is 0. The zero-order valence-corrected chi connectivity index (χ0v) is 27.0. The van der Waals surface area contributed by atoms with Crippen LogP contribution in [0.4, 0.5) is 0 Å². The molecule has 0 radical (unpaired) electrons. The Balaban J connectivity index is 1.94. The van der Waals surface area contributed by atoms with Crippen LogP contribution in [0, 0.1) is 5.92 Å². The quantitative estimate of drug-likeness (QED) is 0.0884. The van der Waals surface area contributed by atoms with Crippen molar-refractivity contribution < 1.29 is 0 Å². The molecule has 0 bridgehead atoms. The number of hydrogen-bond donors (Lipinski definition) is 0. The van der Waals surface area contributed by atoms with Crippen molar-refractivity contribution in [3.63, 3.8) is 0 Å². The van der Waals surface area contributed by atoms with Crippen molar-refractivity contribution >= 4 is 0 Å². The van der Waals surface area contributed by atoms with Crippen molar-refractivity contribution in [1.82, 2.24) is 9.80 Å². The minimum atomic E-state index is 0.588. The topological polar surface area (TPSA) is 6.48 Å². The molecular formula is C36H72N2. The molecule has 2 nitrogen and oxygen atoms in total. The molecule has 0 aromatic rings. The van der Waals surface area contributed by atoms with E-state index in [1.54, 1.807) is 0 Å². The Hall–Kier alpha value is -0.660. The van der Waals surface area contributed by atoms with Crippen LogP contribution in [-0.2, 0) is 0 Å². The van der Waals surface area contributed by atoms with Crippen LogP contribution in [0.3, 0.4) is 0 Å². The summed E-state index contributed by atoms with van der Waals surface area (Å²) in [4.78, 5) is 5.28. The normalized spacial score (nSPS) is 15.4. The molecule has 0 fully saturated rings. The Bertz CT molecular complexity index is 500. The lowest BCUT2D eigenvalue weighted by atomic mass is 10.0. The molecule has 1 unspecified atom stereocenters. The van der Waals surface area contributed by atoms with E-state index in [1.807, 2.05) is 0 Å². The first-order chi connectivity index (χ1) is 18.7. The Kier molecular flexibility index (Phi) is 24.7. The Labute approximate surface area is 241 Å². The van der Waals surface area contributed by atoms with Crippen molar-refractivity contribution in [2.75, 3.05) is 13.1 Å². The number of nitrogens with zero attached hydrogens (tertiary/aromatic N) is 2. The number of rotatable bonds is 29. The molecule has 1 aliphatic rings. The third-order valence-electron chi connectivity index (χ3n) is 8.77. The Morgan fingerprint density at radius 2 is 0.632 bits per heavy atom. The van der Waals surface area contributed by atoms with Crippen molar-refractivity contribution in [2.24, 2.45) is 5.92 Å². The first kappa shape index (κ1) is 35.4. The maximum Gasteiger partial charge on any atom is 0.103 e. The fraction of sp³-hybridized carbons (Fsp3) is 0.944. The van der Waals surface area contributed by atoms with E-state index in [9.17, 15) is 0 Å². The minimum absolute atomic E-state index is 0.588. The molecule has 0 spiro atoms. The van der Waals surface area contributed by atoms with E-state index >= 15 is 0 Å². The van der Waals surface area contributed by atoms with Crippen LogP contribution in [0.15, 0.2) is 12.4 Å². The predicted octanol–water partition coefficient (Wildman–Crippen LogP) is 12.2. The smallest absolute Gasteiger partial charge is 0.103 e. The molecular weight excluding hydrogens is 460 g/mol. The molecule has 1 heterocycles. The zero-order chi connectivity index (χ0) is 27.5. The summed E-state index contributed by atoms with van der Waals surface area (Å²) in [6.45, 7) is 11.9. The average Bonchev–Trinajstić information content (AvgIpc) is 3.32. The van der Waals surface area contributed by atoms with E-state index in [0.717, 1.165) is 0 Å². The van der Waals surface area contributed by atoms with Gasteiger partial charge in [0, 0.05) is 25.5 Å². The maximum absolute atomic E-state index is 2.64. The Morgan fingerprint density at radius 1 is 0.395 bits per heavy atom. The highest BCUT2D eigenvalue weighted by atomic mass is 15.4. The third kappa shape index (κ3) is 19.4. The summed E-state index contributed by atoms with van der Waals surface area (Å²) < 4.78 is 0. The zero-order valence-electron chi connectivity index (χ0n) is 27.0. The summed E-state index contributed by atoms with van der Waals surface area (Å²) in [6, 6.07) is 0. The fourth-order valence-corrected chi connectivity index (χ4v) is 6.34. The lowest BCUT2D eigenvalue weighted by molar-refractivity contribution is 0.104. The molecule has 226 valence electrons. The lowest BCUT2D eigenvalue weighted by Gasteiger charge is -2.36. The van der Waals surface area contributed by atoms with Gasteiger partial charge in [-0.05, 0) is 18.8 Å². The van der Waals surface area contributed by atoms with Crippen LogP contribution in [0.1, 0.15) is 195 Å². The SMILES string of the molecule is CCCCCCCCCCCCCCCCCCCN1C=CN(CCCCCCCCCCC)C1C(C)C. The van der Waals surface area contributed by atoms with Gasteiger partial charge < -0.3 is 9.80 Å². The van der Waals surface area contributed by atoms with Gasteiger partial charge in [0.2, 0.25) is 0 Å². The van der Waals surface area contributed by atoms with Crippen LogP contribution in [0.5, 0.6) is 0 Å². The van der Waals surface area contributed by atoms with Crippen LogP contribution >= 0.6 is 0 Å². The van der Waals surface area contributed by atoms with Gasteiger partial charge in [0.05, 0.1) is 0 Å². The molecule has 2 heteroatoms. The van der Waals surface area contributed by atoms with Gasteiger partial charge in [-0.3, -0.25) is 0 Å². The fourth-order valence-electron chi connectivity index (χ4n) is 6.34. The molecule has 0 saturated heterocycles. The molecule has 0 saturated carbocycles. The van der Waals surface area contributed by atoms with E-state index in [4.69, 9.17) is 0 Å². The van der Waals surface area contributed by atoms with E-state index in [1.165, 1.54) is 180 Å². The van der Waals surface area contributed by atoms with Gasteiger partial charge in [-0.1, -0.05) is 182 Å². The monoisotopic (exact) mass is 533 g/mol.